The molecule has 1 fully saturated rings. The van der Waals surface area contributed by atoms with Gasteiger partial charge in [0, 0.05) is 43.8 Å². The fourth-order valence-corrected chi connectivity index (χ4v) is 5.07. The van der Waals surface area contributed by atoms with Crippen molar-refractivity contribution in [2.75, 3.05) is 31.5 Å². The van der Waals surface area contributed by atoms with E-state index in [2.05, 4.69) is 15.2 Å². The molecule has 0 unspecified atom stereocenters. The summed E-state index contributed by atoms with van der Waals surface area (Å²) < 4.78 is 0. The zero-order chi connectivity index (χ0) is 21.8. The lowest BCUT2D eigenvalue weighted by atomic mass is 10.1. The molecule has 0 atom stereocenters. The van der Waals surface area contributed by atoms with Crippen molar-refractivity contribution in [3.05, 3.63) is 67.8 Å². The van der Waals surface area contributed by atoms with Crippen molar-refractivity contribution < 1.29 is 9.59 Å². The first kappa shape index (κ1) is 21.7. The highest BCUT2D eigenvalue weighted by molar-refractivity contribution is 7.12. The second-order valence-electron chi connectivity index (χ2n) is 7.82. The van der Waals surface area contributed by atoms with Crippen LogP contribution in [0.25, 0.3) is 0 Å². The van der Waals surface area contributed by atoms with E-state index in [1.807, 2.05) is 59.8 Å². The van der Waals surface area contributed by atoms with Gasteiger partial charge in [0.1, 0.15) is 5.01 Å². The van der Waals surface area contributed by atoms with Gasteiger partial charge in [-0.05, 0) is 42.5 Å². The third-order valence-corrected chi connectivity index (χ3v) is 7.11. The fraction of sp³-hybridized carbons (Fsp3) is 0.348. The second-order valence-corrected chi connectivity index (χ2v) is 9.71. The molecule has 1 saturated heterocycles. The van der Waals surface area contributed by atoms with E-state index in [1.54, 1.807) is 0 Å². The molecule has 3 aromatic rings. The lowest BCUT2D eigenvalue weighted by Crippen LogP contribution is -2.48. The maximum absolute atomic E-state index is 12.5. The van der Waals surface area contributed by atoms with Crippen LogP contribution in [0.4, 0.5) is 5.69 Å². The number of rotatable bonds is 6. The van der Waals surface area contributed by atoms with Crippen LogP contribution in [0.2, 0.25) is 0 Å². The Morgan fingerprint density at radius 2 is 1.90 bits per heavy atom. The van der Waals surface area contributed by atoms with Crippen LogP contribution in [0.3, 0.4) is 0 Å². The molecular formula is C23H26N4O2S2. The smallest absolute Gasteiger partial charge is 0.264 e. The number of aryl methyl sites for hydroxylation is 2. The van der Waals surface area contributed by atoms with Crippen molar-refractivity contribution in [1.82, 2.24) is 14.8 Å². The van der Waals surface area contributed by atoms with Gasteiger partial charge in [0.2, 0.25) is 5.91 Å². The third-order valence-electron chi connectivity index (χ3n) is 5.36. The molecule has 0 bridgehead atoms. The number of carbonyl (C=O) groups is 2. The molecule has 0 spiro atoms. The van der Waals surface area contributed by atoms with E-state index in [-0.39, 0.29) is 18.2 Å². The minimum absolute atomic E-state index is 0.0460. The zero-order valence-electron chi connectivity index (χ0n) is 17.8. The van der Waals surface area contributed by atoms with Gasteiger partial charge in [0.15, 0.2) is 0 Å². The van der Waals surface area contributed by atoms with Gasteiger partial charge in [-0.1, -0.05) is 18.2 Å². The minimum atomic E-state index is -0.0460. The highest BCUT2D eigenvalue weighted by Gasteiger charge is 2.23. The topological polar surface area (TPSA) is 65.5 Å². The number of benzene rings is 1. The number of carbonyl (C=O) groups excluding carboxylic acids is 2. The summed E-state index contributed by atoms with van der Waals surface area (Å²) >= 11 is 3.02. The predicted molar refractivity (Wildman–Crippen MR) is 126 cm³/mol. The summed E-state index contributed by atoms with van der Waals surface area (Å²) in [7, 11) is 0. The van der Waals surface area contributed by atoms with Gasteiger partial charge in [-0.15, -0.1) is 22.7 Å². The first-order valence-electron chi connectivity index (χ1n) is 10.3. The molecule has 1 aliphatic heterocycles. The Balaban J connectivity index is 1.26. The van der Waals surface area contributed by atoms with Gasteiger partial charge >= 0.3 is 0 Å². The standard InChI is InChI=1S/C23H26N4O2S2/c1-16-5-6-17(2)19(12-16)25-21(28)13-22-24-18(15-31-22)14-26-7-9-27(10-8-26)23(29)20-4-3-11-30-20/h3-6,11-12,15H,7-10,13-14H2,1-2H3,(H,25,28). The number of amides is 2. The van der Waals surface area contributed by atoms with Crippen LogP contribution in [0, 0.1) is 13.8 Å². The highest BCUT2D eigenvalue weighted by atomic mass is 32.1. The Morgan fingerprint density at radius 3 is 2.65 bits per heavy atom. The van der Waals surface area contributed by atoms with E-state index in [0.29, 0.717) is 0 Å². The van der Waals surface area contributed by atoms with Crippen LogP contribution in [-0.4, -0.2) is 52.8 Å². The molecule has 0 aliphatic carbocycles. The molecule has 3 heterocycles. The lowest BCUT2D eigenvalue weighted by molar-refractivity contribution is -0.115. The van der Waals surface area contributed by atoms with Crippen molar-refractivity contribution in [3.63, 3.8) is 0 Å². The van der Waals surface area contributed by atoms with Crippen molar-refractivity contribution >= 4 is 40.2 Å². The van der Waals surface area contributed by atoms with Crippen LogP contribution in [0.1, 0.15) is 31.5 Å². The quantitative estimate of drug-likeness (QED) is 0.612. The Kier molecular flexibility index (Phi) is 6.80. The van der Waals surface area contributed by atoms with Crippen LogP contribution in [0.15, 0.2) is 41.1 Å². The summed E-state index contributed by atoms with van der Waals surface area (Å²) in [5.74, 6) is 0.0794. The largest absolute Gasteiger partial charge is 0.335 e. The SMILES string of the molecule is Cc1ccc(C)c(NC(=O)Cc2nc(CN3CCN(C(=O)c4cccs4)CC3)cs2)c1. The van der Waals surface area contributed by atoms with Gasteiger partial charge in [0.25, 0.3) is 5.91 Å². The number of aromatic nitrogens is 1. The third kappa shape index (κ3) is 5.58. The van der Waals surface area contributed by atoms with Gasteiger partial charge in [-0.2, -0.15) is 0 Å². The molecule has 162 valence electrons. The van der Waals surface area contributed by atoms with Crippen LogP contribution in [-0.2, 0) is 17.8 Å². The summed E-state index contributed by atoms with van der Waals surface area (Å²) in [5, 5.41) is 7.79. The number of thiazole rings is 1. The van der Waals surface area contributed by atoms with Crippen molar-refractivity contribution in [2.45, 2.75) is 26.8 Å². The van der Waals surface area contributed by atoms with Gasteiger partial charge in [-0.3, -0.25) is 14.5 Å². The Labute approximate surface area is 190 Å². The van der Waals surface area contributed by atoms with Crippen LogP contribution >= 0.6 is 22.7 Å². The van der Waals surface area contributed by atoms with Gasteiger partial charge in [0.05, 0.1) is 17.0 Å². The normalized spacial score (nSPS) is 14.6. The van der Waals surface area contributed by atoms with Crippen molar-refractivity contribution in [2.24, 2.45) is 0 Å². The Bertz CT molecular complexity index is 1050. The first-order chi connectivity index (χ1) is 15.0. The molecule has 1 aromatic carbocycles. The number of thiophene rings is 1. The molecule has 4 rings (SSSR count). The van der Waals surface area contributed by atoms with E-state index in [1.165, 1.54) is 22.7 Å². The van der Waals surface area contributed by atoms with Crippen molar-refractivity contribution in [1.29, 1.82) is 0 Å². The Morgan fingerprint density at radius 1 is 1.10 bits per heavy atom. The number of hydrogen-bond donors (Lipinski definition) is 1. The number of nitrogens with one attached hydrogen (secondary N) is 1. The number of piperazine rings is 1. The van der Waals surface area contributed by atoms with E-state index in [0.717, 1.165) is 65.1 Å². The minimum Gasteiger partial charge on any atom is -0.335 e. The molecule has 31 heavy (non-hydrogen) atoms. The molecule has 0 radical (unpaired) electrons. The number of hydrogen-bond acceptors (Lipinski definition) is 6. The summed E-state index contributed by atoms with van der Waals surface area (Å²) in [4.78, 5) is 34.6. The van der Waals surface area contributed by atoms with E-state index in [9.17, 15) is 9.59 Å². The molecular weight excluding hydrogens is 428 g/mol. The van der Waals surface area contributed by atoms with E-state index >= 15 is 0 Å². The summed E-state index contributed by atoms with van der Waals surface area (Å²) in [6, 6.07) is 9.84. The highest BCUT2D eigenvalue weighted by Crippen LogP contribution is 2.19. The van der Waals surface area contributed by atoms with Crippen molar-refractivity contribution in [3.8, 4) is 0 Å². The van der Waals surface area contributed by atoms with Gasteiger partial charge < -0.3 is 10.2 Å². The molecule has 1 N–H and O–H groups in total. The maximum atomic E-state index is 12.5. The average Bonchev–Trinajstić information content (AvgIpc) is 3.43. The molecule has 2 aromatic heterocycles. The predicted octanol–water partition coefficient (Wildman–Crippen LogP) is 3.96. The number of nitrogens with zero attached hydrogens (tertiary/aromatic N) is 3. The molecule has 0 saturated carbocycles. The summed E-state index contributed by atoms with van der Waals surface area (Å²) in [6.45, 7) is 7.87. The summed E-state index contributed by atoms with van der Waals surface area (Å²) in [6.07, 6.45) is 0.279. The number of anilines is 1. The van der Waals surface area contributed by atoms with Crippen LogP contribution in [0.5, 0.6) is 0 Å². The van der Waals surface area contributed by atoms with Gasteiger partial charge in [-0.25, -0.2) is 4.98 Å². The first-order valence-corrected chi connectivity index (χ1v) is 12.1. The zero-order valence-corrected chi connectivity index (χ0v) is 19.4. The molecule has 2 amide bonds. The average molecular weight is 455 g/mol. The molecule has 6 nitrogen and oxygen atoms in total. The lowest BCUT2D eigenvalue weighted by Gasteiger charge is -2.34. The maximum Gasteiger partial charge on any atom is 0.264 e. The monoisotopic (exact) mass is 454 g/mol. The fourth-order valence-electron chi connectivity index (χ4n) is 3.60. The molecule has 1 aliphatic rings. The van der Waals surface area contributed by atoms with E-state index in [4.69, 9.17) is 0 Å². The summed E-state index contributed by atoms with van der Waals surface area (Å²) in [5.41, 5.74) is 4.01. The van der Waals surface area contributed by atoms with E-state index < -0.39 is 0 Å². The van der Waals surface area contributed by atoms with Crippen LogP contribution < -0.4 is 5.32 Å². The Hall–Kier alpha value is -2.55. The molecule has 8 heteroatoms. The second kappa shape index (κ2) is 9.72.